The third kappa shape index (κ3) is 1.72. The van der Waals surface area contributed by atoms with E-state index in [1.807, 2.05) is 30.3 Å². The quantitative estimate of drug-likeness (QED) is 0.702. The van der Waals surface area contributed by atoms with E-state index in [9.17, 15) is 0 Å². The first-order chi connectivity index (χ1) is 8.75. The van der Waals surface area contributed by atoms with Crippen molar-refractivity contribution in [3.63, 3.8) is 0 Å². The van der Waals surface area contributed by atoms with Crippen molar-refractivity contribution in [2.75, 3.05) is 0 Å². The lowest BCUT2D eigenvalue weighted by molar-refractivity contribution is 0.851. The number of hydrogen-bond donors (Lipinski definition) is 1. The summed E-state index contributed by atoms with van der Waals surface area (Å²) in [5.74, 6) is 0.647. The van der Waals surface area contributed by atoms with Gasteiger partial charge in [-0.25, -0.2) is 14.6 Å². The monoisotopic (exact) mass is 255 g/mol. The molecule has 18 heavy (non-hydrogen) atoms. The van der Waals surface area contributed by atoms with Crippen LogP contribution in [0.15, 0.2) is 43.0 Å². The fourth-order valence-corrected chi connectivity index (χ4v) is 1.98. The van der Waals surface area contributed by atoms with Crippen LogP contribution >= 0.6 is 12.2 Å². The molecule has 5 nitrogen and oxygen atoms in total. The molecule has 0 aliphatic rings. The van der Waals surface area contributed by atoms with E-state index >= 15 is 0 Å². The first-order valence-corrected chi connectivity index (χ1v) is 5.71. The summed E-state index contributed by atoms with van der Waals surface area (Å²) < 4.78 is 1.58. The van der Waals surface area contributed by atoms with Gasteiger partial charge in [0.25, 0.3) is 0 Å². The van der Waals surface area contributed by atoms with Crippen LogP contribution in [0.25, 0.3) is 16.7 Å². The normalized spacial score (nSPS) is 10.7. The van der Waals surface area contributed by atoms with E-state index in [2.05, 4.69) is 15.1 Å². The number of thiocarbonyl (C=S) groups is 1. The Labute approximate surface area is 108 Å². The molecule has 6 heteroatoms. The van der Waals surface area contributed by atoms with Gasteiger partial charge in [-0.3, -0.25) is 0 Å². The Bertz CT molecular complexity index is 720. The van der Waals surface area contributed by atoms with Crippen LogP contribution in [0.1, 0.15) is 5.56 Å². The molecule has 0 aliphatic carbocycles. The minimum absolute atomic E-state index is 0.343. The Morgan fingerprint density at radius 2 is 2.11 bits per heavy atom. The predicted octanol–water partition coefficient (Wildman–Crippen LogP) is 1.45. The molecule has 0 amide bonds. The molecule has 2 heterocycles. The lowest BCUT2D eigenvalue weighted by Crippen LogP contribution is -2.12. The van der Waals surface area contributed by atoms with Gasteiger partial charge in [-0.15, -0.1) is 0 Å². The summed E-state index contributed by atoms with van der Waals surface area (Å²) in [5, 5.41) is 4.99. The Morgan fingerprint density at radius 3 is 2.83 bits per heavy atom. The largest absolute Gasteiger partial charge is 0.389 e. The molecule has 0 radical (unpaired) electrons. The molecule has 0 saturated heterocycles. The van der Waals surface area contributed by atoms with Crippen molar-refractivity contribution in [2.24, 2.45) is 5.73 Å². The molecule has 3 rings (SSSR count). The van der Waals surface area contributed by atoms with E-state index < -0.39 is 0 Å². The van der Waals surface area contributed by atoms with Crippen LogP contribution in [0.4, 0.5) is 0 Å². The van der Waals surface area contributed by atoms with E-state index in [-0.39, 0.29) is 0 Å². The molecule has 88 valence electrons. The molecule has 0 aliphatic heterocycles. The van der Waals surface area contributed by atoms with Crippen molar-refractivity contribution < 1.29 is 0 Å². The van der Waals surface area contributed by atoms with Gasteiger partial charge in [-0.1, -0.05) is 30.4 Å². The molecule has 0 unspecified atom stereocenters. The van der Waals surface area contributed by atoms with Gasteiger partial charge in [-0.05, 0) is 12.1 Å². The van der Waals surface area contributed by atoms with E-state index in [4.69, 9.17) is 18.0 Å². The van der Waals surface area contributed by atoms with Gasteiger partial charge in [0, 0.05) is 10.9 Å². The van der Waals surface area contributed by atoms with Gasteiger partial charge >= 0.3 is 0 Å². The van der Waals surface area contributed by atoms with Gasteiger partial charge in [0.1, 0.15) is 17.6 Å². The first-order valence-electron chi connectivity index (χ1n) is 5.30. The zero-order chi connectivity index (χ0) is 12.5. The average Bonchev–Trinajstić information content (AvgIpc) is 2.91. The Kier molecular flexibility index (Phi) is 2.49. The Balaban J connectivity index is 2.33. The summed E-state index contributed by atoms with van der Waals surface area (Å²) in [4.78, 5) is 8.75. The lowest BCUT2D eigenvalue weighted by atomic mass is 10.1. The molecule has 2 N–H and O–H groups in total. The maximum Gasteiger partial charge on any atom is 0.156 e. The predicted molar refractivity (Wildman–Crippen MR) is 72.5 cm³/mol. The number of rotatable bonds is 2. The minimum Gasteiger partial charge on any atom is -0.389 e. The minimum atomic E-state index is 0.343. The zero-order valence-corrected chi connectivity index (χ0v) is 10.1. The highest BCUT2D eigenvalue weighted by atomic mass is 32.1. The van der Waals surface area contributed by atoms with Crippen molar-refractivity contribution in [3.05, 3.63) is 48.5 Å². The summed E-state index contributed by atoms with van der Waals surface area (Å²) in [6.07, 6.45) is 3.04. The number of aromatic nitrogens is 4. The van der Waals surface area contributed by atoms with Gasteiger partial charge in [0.15, 0.2) is 5.82 Å². The number of para-hydroxylation sites is 1. The van der Waals surface area contributed by atoms with Crippen LogP contribution in [-0.2, 0) is 0 Å². The molecule has 0 atom stereocenters. The molecule has 0 fully saturated rings. The number of pyridine rings is 1. The molecule has 2 aromatic heterocycles. The first kappa shape index (κ1) is 10.8. The third-order valence-corrected chi connectivity index (χ3v) is 2.84. The molecule has 0 saturated carbocycles. The molecule has 3 aromatic rings. The number of hydrogen-bond acceptors (Lipinski definition) is 4. The van der Waals surface area contributed by atoms with Crippen LogP contribution in [0.2, 0.25) is 0 Å². The summed E-state index contributed by atoms with van der Waals surface area (Å²) >= 11 is 5.08. The second-order valence-electron chi connectivity index (χ2n) is 3.75. The van der Waals surface area contributed by atoms with E-state index in [1.54, 1.807) is 11.0 Å². The smallest absolute Gasteiger partial charge is 0.156 e. The van der Waals surface area contributed by atoms with Gasteiger partial charge in [0.2, 0.25) is 0 Å². The van der Waals surface area contributed by atoms with Crippen LogP contribution in [0, 0.1) is 0 Å². The molecular formula is C12H9N5S. The molecule has 1 aromatic carbocycles. The number of nitrogens with two attached hydrogens (primary N) is 1. The third-order valence-electron chi connectivity index (χ3n) is 2.62. The summed E-state index contributed by atoms with van der Waals surface area (Å²) in [5.41, 5.74) is 7.38. The number of fused-ring (bicyclic) bond motifs is 1. The van der Waals surface area contributed by atoms with Crippen molar-refractivity contribution >= 4 is 28.1 Å². The van der Waals surface area contributed by atoms with Gasteiger partial charge in [-0.2, -0.15) is 5.10 Å². The maximum atomic E-state index is 5.76. The van der Waals surface area contributed by atoms with E-state index in [0.717, 1.165) is 16.5 Å². The van der Waals surface area contributed by atoms with Crippen molar-refractivity contribution in [2.45, 2.75) is 0 Å². The van der Waals surface area contributed by atoms with Crippen LogP contribution in [-0.4, -0.2) is 24.7 Å². The molecule has 0 bridgehead atoms. The SMILES string of the molecule is NC(=S)c1cc(-n2cncn2)nc2ccccc12. The topological polar surface area (TPSA) is 69.6 Å². The van der Waals surface area contributed by atoms with Crippen molar-refractivity contribution in [3.8, 4) is 5.82 Å². The van der Waals surface area contributed by atoms with Crippen LogP contribution in [0.5, 0.6) is 0 Å². The number of benzene rings is 1. The Morgan fingerprint density at radius 1 is 1.28 bits per heavy atom. The van der Waals surface area contributed by atoms with Gasteiger partial charge in [0.05, 0.1) is 5.52 Å². The Hall–Kier alpha value is -2.34. The summed E-state index contributed by atoms with van der Waals surface area (Å²) in [6, 6.07) is 9.53. The van der Waals surface area contributed by atoms with Crippen LogP contribution in [0.3, 0.4) is 0 Å². The average molecular weight is 255 g/mol. The standard InChI is InChI=1S/C12H9N5S/c13-12(18)9-5-11(17-7-14-6-15-17)16-10-4-2-1-3-8(9)10/h1-7H,(H2,13,18). The summed E-state index contributed by atoms with van der Waals surface area (Å²) in [7, 11) is 0. The fourth-order valence-electron chi connectivity index (χ4n) is 1.81. The zero-order valence-electron chi connectivity index (χ0n) is 9.32. The van der Waals surface area contributed by atoms with Crippen molar-refractivity contribution in [1.82, 2.24) is 19.7 Å². The molecular weight excluding hydrogens is 246 g/mol. The van der Waals surface area contributed by atoms with Crippen molar-refractivity contribution in [1.29, 1.82) is 0 Å². The van der Waals surface area contributed by atoms with E-state index in [0.29, 0.717) is 10.8 Å². The highest BCUT2D eigenvalue weighted by Gasteiger charge is 2.09. The highest BCUT2D eigenvalue weighted by Crippen LogP contribution is 2.19. The second kappa shape index (κ2) is 4.15. The maximum absolute atomic E-state index is 5.76. The van der Waals surface area contributed by atoms with Gasteiger partial charge < -0.3 is 5.73 Å². The summed E-state index contributed by atoms with van der Waals surface area (Å²) in [6.45, 7) is 0. The number of nitrogens with zero attached hydrogens (tertiary/aromatic N) is 4. The molecule has 0 spiro atoms. The van der Waals surface area contributed by atoms with Crippen LogP contribution < -0.4 is 5.73 Å². The second-order valence-corrected chi connectivity index (χ2v) is 4.19. The fraction of sp³-hybridized carbons (Fsp3) is 0. The lowest BCUT2D eigenvalue weighted by Gasteiger charge is -2.07. The van der Waals surface area contributed by atoms with E-state index in [1.165, 1.54) is 6.33 Å². The highest BCUT2D eigenvalue weighted by molar-refractivity contribution is 7.80.